The topological polar surface area (TPSA) is 49.3 Å². The molecule has 3 rings (SSSR count). The Morgan fingerprint density at radius 3 is 2.83 bits per heavy atom. The molecule has 0 spiro atoms. The highest BCUT2D eigenvalue weighted by molar-refractivity contribution is 7.85. The number of hydrogen-bond acceptors (Lipinski definition) is 5. The van der Waals surface area contributed by atoms with Crippen LogP contribution >= 0.6 is 0 Å². The maximum Gasteiger partial charge on any atom is 0.151 e. The second kappa shape index (κ2) is 8.35. The average molecular weight is 344 g/mol. The highest BCUT2D eigenvalue weighted by Crippen LogP contribution is 2.23. The zero-order chi connectivity index (χ0) is 16.8. The number of nitrogens with zero attached hydrogens (tertiary/aromatic N) is 4. The van der Waals surface area contributed by atoms with Crippen molar-refractivity contribution in [2.24, 2.45) is 0 Å². The summed E-state index contributed by atoms with van der Waals surface area (Å²) in [4.78, 5) is 5.53. The summed E-state index contributed by atoms with van der Waals surface area (Å²) >= 11 is 0. The maximum atomic E-state index is 12.3. The number of rotatable bonds is 7. The quantitative estimate of drug-likeness (QED) is 0.770. The third-order valence-corrected chi connectivity index (χ3v) is 5.77. The van der Waals surface area contributed by atoms with Crippen molar-refractivity contribution in [3.8, 4) is 0 Å². The molecule has 1 aliphatic heterocycles. The van der Waals surface area contributed by atoms with Crippen molar-refractivity contribution < 1.29 is 4.21 Å². The molecule has 1 aromatic carbocycles. The van der Waals surface area contributed by atoms with Gasteiger partial charge in [-0.2, -0.15) is 5.10 Å². The smallest absolute Gasteiger partial charge is 0.151 e. The normalized spacial score (nSPS) is 18.9. The Morgan fingerprint density at radius 2 is 2.08 bits per heavy atom. The number of likely N-dealkylation sites (N-methyl/N-ethyl adjacent to an activating group) is 1. The van der Waals surface area contributed by atoms with E-state index in [0.29, 0.717) is 11.8 Å². The Hall–Kier alpha value is -1.79. The first kappa shape index (κ1) is 17.0. The molecule has 128 valence electrons. The zero-order valence-corrected chi connectivity index (χ0v) is 14.9. The Balaban J connectivity index is 1.51. The lowest BCUT2D eigenvalue weighted by Crippen LogP contribution is -2.40. The predicted molar refractivity (Wildman–Crippen MR) is 97.6 cm³/mol. The summed E-state index contributed by atoms with van der Waals surface area (Å²) in [5, 5.41) is 8.23. The summed E-state index contributed by atoms with van der Waals surface area (Å²) in [6, 6.07) is 14.1. The largest absolute Gasteiger partial charge is 0.351 e. The molecule has 2 aromatic rings. The molecule has 0 saturated carbocycles. The van der Waals surface area contributed by atoms with Crippen LogP contribution in [0.2, 0.25) is 0 Å². The van der Waals surface area contributed by atoms with Gasteiger partial charge in [0, 0.05) is 42.5 Å². The van der Waals surface area contributed by atoms with Gasteiger partial charge in [-0.05, 0) is 44.2 Å². The lowest BCUT2D eigenvalue weighted by atomic mass is 10.2. The van der Waals surface area contributed by atoms with E-state index < -0.39 is 10.8 Å². The van der Waals surface area contributed by atoms with Crippen molar-refractivity contribution in [3.05, 3.63) is 48.7 Å². The van der Waals surface area contributed by atoms with Crippen LogP contribution in [-0.4, -0.2) is 57.8 Å². The average Bonchev–Trinajstić information content (AvgIpc) is 3.09. The van der Waals surface area contributed by atoms with E-state index in [2.05, 4.69) is 27.0 Å². The number of benzene rings is 1. The number of anilines is 1. The van der Waals surface area contributed by atoms with Crippen LogP contribution in [-0.2, 0) is 10.8 Å². The van der Waals surface area contributed by atoms with E-state index in [9.17, 15) is 4.21 Å². The Labute approximate surface area is 146 Å². The van der Waals surface area contributed by atoms with Gasteiger partial charge in [0.1, 0.15) is 0 Å². The van der Waals surface area contributed by atoms with Gasteiger partial charge in [0.15, 0.2) is 5.82 Å². The summed E-state index contributed by atoms with van der Waals surface area (Å²) in [5.41, 5.74) is 0. The first-order chi connectivity index (χ1) is 11.7. The van der Waals surface area contributed by atoms with Crippen LogP contribution in [0.3, 0.4) is 0 Å². The summed E-state index contributed by atoms with van der Waals surface area (Å²) in [6.45, 7) is 2.82. The third-order valence-electron chi connectivity index (χ3n) is 4.42. The van der Waals surface area contributed by atoms with Gasteiger partial charge in [-0.3, -0.25) is 4.21 Å². The molecule has 2 heterocycles. The van der Waals surface area contributed by atoms with Crippen LogP contribution in [0.15, 0.2) is 53.6 Å². The van der Waals surface area contributed by atoms with Gasteiger partial charge < -0.3 is 9.80 Å². The summed E-state index contributed by atoms with van der Waals surface area (Å²) in [7, 11) is 1.18. The monoisotopic (exact) mass is 344 g/mol. The van der Waals surface area contributed by atoms with Gasteiger partial charge in [0.05, 0.1) is 10.8 Å². The second-order valence-corrected chi connectivity index (χ2v) is 7.77. The molecule has 2 atom stereocenters. The molecule has 0 unspecified atom stereocenters. The fourth-order valence-corrected chi connectivity index (χ4v) is 4.33. The van der Waals surface area contributed by atoms with Crippen molar-refractivity contribution in [2.45, 2.75) is 23.8 Å². The Morgan fingerprint density at radius 1 is 1.25 bits per heavy atom. The summed E-state index contributed by atoms with van der Waals surface area (Å²) < 4.78 is 12.3. The van der Waals surface area contributed by atoms with Gasteiger partial charge in [-0.15, -0.1) is 5.10 Å². The molecule has 1 fully saturated rings. The van der Waals surface area contributed by atoms with E-state index in [4.69, 9.17) is 0 Å². The molecule has 0 aliphatic carbocycles. The molecule has 0 amide bonds. The molecule has 1 saturated heterocycles. The van der Waals surface area contributed by atoms with Crippen molar-refractivity contribution in [1.82, 2.24) is 15.1 Å². The molecule has 0 N–H and O–H groups in total. The third kappa shape index (κ3) is 4.39. The van der Waals surface area contributed by atoms with Gasteiger partial charge in [-0.1, -0.05) is 18.2 Å². The minimum Gasteiger partial charge on any atom is -0.351 e. The lowest BCUT2D eigenvalue weighted by Gasteiger charge is -2.29. The van der Waals surface area contributed by atoms with E-state index in [1.54, 1.807) is 6.20 Å². The predicted octanol–water partition coefficient (Wildman–Crippen LogP) is 2.19. The minimum absolute atomic E-state index is 0.455. The number of hydrogen-bond donors (Lipinski definition) is 0. The molecule has 24 heavy (non-hydrogen) atoms. The van der Waals surface area contributed by atoms with Crippen LogP contribution in [0.1, 0.15) is 12.8 Å². The second-order valence-electron chi connectivity index (χ2n) is 6.20. The van der Waals surface area contributed by atoms with Crippen LogP contribution in [0.25, 0.3) is 0 Å². The van der Waals surface area contributed by atoms with Gasteiger partial charge in [-0.25, -0.2) is 0 Å². The molecule has 0 radical (unpaired) electrons. The van der Waals surface area contributed by atoms with E-state index in [-0.39, 0.29) is 0 Å². The lowest BCUT2D eigenvalue weighted by molar-refractivity contribution is 0.327. The van der Waals surface area contributed by atoms with E-state index in [0.717, 1.165) is 30.3 Å². The SMILES string of the molecule is CN(CC[S@@](=O)c1ccccc1)C[C@H]1CCCN1c1cccnn1. The Kier molecular flexibility index (Phi) is 5.93. The summed E-state index contributed by atoms with van der Waals surface area (Å²) in [5.74, 6) is 1.62. The fraction of sp³-hybridized carbons (Fsp3) is 0.444. The standard InChI is InChI=1S/C18H24N4OS/c1-21(13-14-24(23)17-8-3-2-4-9-17)15-16-7-6-12-22(16)18-10-5-11-19-20-18/h2-5,8-11,16H,6-7,12-15H2,1H3/t16-,24-/m1/s1. The number of aromatic nitrogens is 2. The fourth-order valence-electron chi connectivity index (χ4n) is 3.15. The van der Waals surface area contributed by atoms with Crippen molar-refractivity contribution in [3.63, 3.8) is 0 Å². The highest BCUT2D eigenvalue weighted by atomic mass is 32.2. The summed E-state index contributed by atoms with van der Waals surface area (Å²) in [6.07, 6.45) is 4.06. The molecule has 5 nitrogen and oxygen atoms in total. The first-order valence-corrected chi connectivity index (χ1v) is 9.72. The van der Waals surface area contributed by atoms with Crippen molar-refractivity contribution in [2.75, 3.05) is 37.3 Å². The molecule has 1 aliphatic rings. The van der Waals surface area contributed by atoms with Crippen LogP contribution in [0.4, 0.5) is 5.82 Å². The highest BCUT2D eigenvalue weighted by Gasteiger charge is 2.26. The van der Waals surface area contributed by atoms with Gasteiger partial charge >= 0.3 is 0 Å². The molecule has 0 bridgehead atoms. The van der Waals surface area contributed by atoms with Gasteiger partial charge in [0.2, 0.25) is 0 Å². The maximum absolute atomic E-state index is 12.3. The zero-order valence-electron chi connectivity index (χ0n) is 14.0. The van der Waals surface area contributed by atoms with Crippen molar-refractivity contribution in [1.29, 1.82) is 0 Å². The minimum atomic E-state index is -0.929. The van der Waals surface area contributed by atoms with Crippen LogP contribution < -0.4 is 4.90 Å². The molecule has 6 heteroatoms. The molecule has 1 aromatic heterocycles. The Bertz CT molecular complexity index is 653. The van der Waals surface area contributed by atoms with E-state index in [1.807, 2.05) is 42.5 Å². The first-order valence-electron chi connectivity index (χ1n) is 8.40. The van der Waals surface area contributed by atoms with Crippen LogP contribution in [0.5, 0.6) is 0 Å². The molecular formula is C18H24N4OS. The molecular weight excluding hydrogens is 320 g/mol. The van der Waals surface area contributed by atoms with Crippen LogP contribution in [0, 0.1) is 0 Å². The van der Waals surface area contributed by atoms with E-state index in [1.165, 1.54) is 12.8 Å². The van der Waals surface area contributed by atoms with Crippen molar-refractivity contribution >= 4 is 16.6 Å². The van der Waals surface area contributed by atoms with E-state index >= 15 is 0 Å². The van der Waals surface area contributed by atoms with Gasteiger partial charge in [0.25, 0.3) is 0 Å².